The van der Waals surface area contributed by atoms with Gasteiger partial charge in [-0.25, -0.2) is 8.42 Å². The number of benzene rings is 1. The van der Waals surface area contributed by atoms with E-state index in [2.05, 4.69) is 33.2 Å². The molecular formula is C25H33N7O3S. The number of sulfonamides is 1. The molecule has 192 valence electrons. The van der Waals surface area contributed by atoms with Gasteiger partial charge < -0.3 is 19.9 Å². The Hall–Kier alpha value is -2.78. The van der Waals surface area contributed by atoms with Crippen molar-refractivity contribution in [2.75, 3.05) is 44.7 Å². The zero-order valence-electron chi connectivity index (χ0n) is 20.9. The molecule has 0 saturated carbocycles. The van der Waals surface area contributed by atoms with E-state index in [0.717, 1.165) is 31.5 Å². The molecule has 3 aliphatic rings. The second-order valence-electron chi connectivity index (χ2n) is 9.84. The van der Waals surface area contributed by atoms with Crippen LogP contribution in [0, 0.1) is 18.3 Å². The van der Waals surface area contributed by atoms with Crippen LogP contribution in [-0.2, 0) is 23.1 Å². The third-order valence-electron chi connectivity index (χ3n) is 7.39. The van der Waals surface area contributed by atoms with Gasteiger partial charge in [0.05, 0.1) is 29.6 Å². The monoisotopic (exact) mass is 511 g/mol. The molecule has 11 heteroatoms. The summed E-state index contributed by atoms with van der Waals surface area (Å²) in [4.78, 5) is 14.2. The highest BCUT2D eigenvalue weighted by Crippen LogP contribution is 2.35. The highest BCUT2D eigenvalue weighted by molar-refractivity contribution is 7.89. The molecule has 0 radical (unpaired) electrons. The van der Waals surface area contributed by atoms with Crippen LogP contribution in [0.15, 0.2) is 29.2 Å². The van der Waals surface area contributed by atoms with Gasteiger partial charge in [-0.15, -0.1) is 0 Å². The van der Waals surface area contributed by atoms with Crippen LogP contribution in [0.2, 0.25) is 0 Å². The van der Waals surface area contributed by atoms with Crippen LogP contribution < -0.4 is 15.0 Å². The number of ether oxygens (including phenoxy) is 1. The van der Waals surface area contributed by atoms with E-state index in [1.54, 1.807) is 12.1 Å². The first kappa shape index (κ1) is 24.9. The van der Waals surface area contributed by atoms with Crippen molar-refractivity contribution in [2.45, 2.75) is 56.3 Å². The van der Waals surface area contributed by atoms with E-state index < -0.39 is 10.0 Å². The van der Waals surface area contributed by atoms with Crippen molar-refractivity contribution < 1.29 is 13.2 Å². The van der Waals surface area contributed by atoms with E-state index in [9.17, 15) is 13.7 Å². The zero-order valence-corrected chi connectivity index (χ0v) is 21.7. The molecule has 2 aromatic rings. The van der Waals surface area contributed by atoms with Gasteiger partial charge in [-0.2, -0.15) is 19.5 Å². The SMILES string of the molecule is Cc1ccccc1S(=O)(=O)N1Cc2nc(OC[C@@H]3CCCN3C)nc(N3CCN[C@@H](CC#N)C3)c2C1. The molecule has 0 bridgehead atoms. The summed E-state index contributed by atoms with van der Waals surface area (Å²) in [6, 6.07) is 9.92. The average molecular weight is 512 g/mol. The summed E-state index contributed by atoms with van der Waals surface area (Å²) in [6.07, 6.45) is 2.62. The Bertz CT molecular complexity index is 1260. The molecule has 0 aliphatic carbocycles. The summed E-state index contributed by atoms with van der Waals surface area (Å²) in [7, 11) is -1.61. The molecule has 1 N–H and O–H groups in total. The average Bonchev–Trinajstić information content (AvgIpc) is 3.49. The van der Waals surface area contributed by atoms with Gasteiger partial charge in [-0.1, -0.05) is 18.2 Å². The number of fused-ring (bicyclic) bond motifs is 1. The quantitative estimate of drug-likeness (QED) is 0.593. The smallest absolute Gasteiger partial charge is 0.318 e. The van der Waals surface area contributed by atoms with Gasteiger partial charge in [0.1, 0.15) is 12.4 Å². The van der Waals surface area contributed by atoms with Gasteiger partial charge in [-0.05, 0) is 45.0 Å². The number of piperazine rings is 1. The van der Waals surface area contributed by atoms with Crippen LogP contribution in [0.25, 0.3) is 0 Å². The van der Waals surface area contributed by atoms with Gasteiger partial charge in [0, 0.05) is 43.8 Å². The van der Waals surface area contributed by atoms with Crippen molar-refractivity contribution in [3.8, 4) is 12.1 Å². The molecule has 36 heavy (non-hydrogen) atoms. The van der Waals surface area contributed by atoms with Crippen molar-refractivity contribution in [3.05, 3.63) is 41.1 Å². The minimum absolute atomic E-state index is 0.0269. The minimum atomic E-state index is -3.71. The second kappa shape index (κ2) is 10.3. The van der Waals surface area contributed by atoms with Crippen molar-refractivity contribution in [2.24, 2.45) is 0 Å². The van der Waals surface area contributed by atoms with Crippen LogP contribution in [0.1, 0.15) is 36.1 Å². The molecule has 5 rings (SSSR count). The Morgan fingerprint density at radius 2 is 2.06 bits per heavy atom. The maximum absolute atomic E-state index is 13.6. The van der Waals surface area contributed by atoms with Gasteiger partial charge >= 0.3 is 6.01 Å². The van der Waals surface area contributed by atoms with E-state index in [1.165, 1.54) is 4.31 Å². The van der Waals surface area contributed by atoms with Crippen LogP contribution in [0.5, 0.6) is 6.01 Å². The van der Waals surface area contributed by atoms with Gasteiger partial charge in [-0.3, -0.25) is 0 Å². The molecule has 1 aromatic heterocycles. The lowest BCUT2D eigenvalue weighted by Gasteiger charge is -2.34. The fraction of sp³-hybridized carbons (Fsp3) is 0.560. The highest BCUT2D eigenvalue weighted by atomic mass is 32.2. The largest absolute Gasteiger partial charge is 0.462 e. The lowest BCUT2D eigenvalue weighted by Crippen LogP contribution is -2.51. The third kappa shape index (κ3) is 4.91. The number of nitriles is 1. The van der Waals surface area contributed by atoms with Gasteiger partial charge in [0.2, 0.25) is 10.0 Å². The van der Waals surface area contributed by atoms with E-state index in [4.69, 9.17) is 9.72 Å². The molecule has 2 fully saturated rings. The summed E-state index contributed by atoms with van der Waals surface area (Å²) in [6.45, 7) is 5.79. The Morgan fingerprint density at radius 1 is 1.22 bits per heavy atom. The number of hydrogen-bond donors (Lipinski definition) is 1. The first-order chi connectivity index (χ1) is 17.4. The number of aryl methyl sites for hydroxylation is 1. The minimum Gasteiger partial charge on any atom is -0.462 e. The number of nitrogens with one attached hydrogen (secondary N) is 1. The Kier molecular flexibility index (Phi) is 7.12. The Labute approximate surface area is 212 Å². The van der Waals surface area contributed by atoms with Crippen LogP contribution in [0.4, 0.5) is 5.82 Å². The maximum Gasteiger partial charge on any atom is 0.318 e. The van der Waals surface area contributed by atoms with Crippen LogP contribution in [0.3, 0.4) is 0 Å². The maximum atomic E-state index is 13.6. The van der Waals surface area contributed by atoms with Crippen molar-refractivity contribution >= 4 is 15.8 Å². The number of hydrogen-bond acceptors (Lipinski definition) is 9. The Morgan fingerprint density at radius 3 is 2.81 bits per heavy atom. The molecule has 10 nitrogen and oxygen atoms in total. The summed E-state index contributed by atoms with van der Waals surface area (Å²) in [5.41, 5.74) is 2.21. The van der Waals surface area contributed by atoms with E-state index in [-0.39, 0.29) is 25.1 Å². The molecule has 0 unspecified atom stereocenters. The Balaban J connectivity index is 1.45. The summed E-state index contributed by atoms with van der Waals surface area (Å²) >= 11 is 0. The zero-order chi connectivity index (χ0) is 25.3. The standard InChI is InChI=1S/C25H33N7O3S/c1-18-6-3-4-8-23(18)36(33,34)32-15-21-22(16-32)28-25(35-17-20-7-5-12-30(20)2)29-24(21)31-13-11-27-19(14-31)9-10-26/h3-4,6,8,19-20,27H,5,7,9,11-17H2,1-2H3/t19-,20-/m0/s1. The molecule has 2 saturated heterocycles. The summed E-state index contributed by atoms with van der Waals surface area (Å²) in [5.74, 6) is 0.710. The molecular weight excluding hydrogens is 478 g/mol. The predicted octanol–water partition coefficient (Wildman–Crippen LogP) is 1.65. The van der Waals surface area contributed by atoms with Crippen LogP contribution in [-0.4, -0.2) is 79.5 Å². The third-order valence-corrected chi connectivity index (χ3v) is 9.34. The van der Waals surface area contributed by atoms with Crippen LogP contribution >= 0.6 is 0 Å². The summed E-state index contributed by atoms with van der Waals surface area (Å²) < 4.78 is 34.7. The number of likely N-dealkylation sites (tertiary alicyclic amines) is 1. The number of rotatable bonds is 7. The first-order valence-electron chi connectivity index (χ1n) is 12.5. The lowest BCUT2D eigenvalue weighted by atomic mass is 10.1. The first-order valence-corrected chi connectivity index (χ1v) is 13.9. The normalized spacial score (nSPS) is 23.0. The molecule has 2 atom stereocenters. The molecule has 1 aromatic carbocycles. The molecule has 3 aliphatic heterocycles. The van der Waals surface area contributed by atoms with E-state index in [0.29, 0.717) is 54.1 Å². The number of aromatic nitrogens is 2. The van der Waals surface area contributed by atoms with E-state index >= 15 is 0 Å². The lowest BCUT2D eigenvalue weighted by molar-refractivity contribution is 0.187. The van der Waals surface area contributed by atoms with Gasteiger partial charge in [0.15, 0.2) is 0 Å². The molecule has 0 spiro atoms. The van der Waals surface area contributed by atoms with Crippen molar-refractivity contribution in [1.82, 2.24) is 24.5 Å². The van der Waals surface area contributed by atoms with Crippen molar-refractivity contribution in [3.63, 3.8) is 0 Å². The van der Waals surface area contributed by atoms with Gasteiger partial charge in [0.25, 0.3) is 0 Å². The predicted molar refractivity (Wildman–Crippen MR) is 135 cm³/mol. The summed E-state index contributed by atoms with van der Waals surface area (Å²) in [5, 5.41) is 12.6. The fourth-order valence-corrected chi connectivity index (χ4v) is 6.89. The molecule has 4 heterocycles. The topological polar surface area (TPSA) is 115 Å². The van der Waals surface area contributed by atoms with Crippen molar-refractivity contribution in [1.29, 1.82) is 5.26 Å². The number of likely N-dealkylation sites (N-methyl/N-ethyl adjacent to an activating group) is 1. The highest BCUT2D eigenvalue weighted by Gasteiger charge is 2.37. The second-order valence-corrected chi connectivity index (χ2v) is 11.7. The number of nitrogens with zero attached hydrogens (tertiary/aromatic N) is 6. The molecule has 0 amide bonds. The fourth-order valence-electron chi connectivity index (χ4n) is 5.29. The van der Waals surface area contributed by atoms with E-state index in [1.807, 2.05) is 19.1 Å². The number of anilines is 1.